The summed E-state index contributed by atoms with van der Waals surface area (Å²) in [6.07, 6.45) is -0.561. The van der Waals surface area contributed by atoms with E-state index in [0.717, 1.165) is 15.7 Å². The largest absolute Gasteiger partial charge is 0.389 e. The number of aliphatic hydroxyl groups is 1. The highest BCUT2D eigenvalue weighted by atomic mass is 79.9. The van der Waals surface area contributed by atoms with Crippen LogP contribution in [0.1, 0.15) is 25.5 Å². The number of carbonyl (C=O) groups is 2. The predicted octanol–water partition coefficient (Wildman–Crippen LogP) is 1.35. The average molecular weight is 327 g/mol. The summed E-state index contributed by atoms with van der Waals surface area (Å²) in [6, 6.07) is 4.97. The van der Waals surface area contributed by atoms with Crippen molar-refractivity contribution in [2.24, 2.45) is 0 Å². The third-order valence-electron chi connectivity index (χ3n) is 3.19. The van der Waals surface area contributed by atoms with Crippen LogP contribution in [0.15, 0.2) is 22.7 Å². The first kappa shape index (κ1) is 14.0. The van der Waals surface area contributed by atoms with Gasteiger partial charge in [-0.15, -0.1) is 0 Å². The zero-order chi connectivity index (χ0) is 14.2. The first-order chi connectivity index (χ1) is 8.90. The van der Waals surface area contributed by atoms with Crippen LogP contribution in [0.2, 0.25) is 0 Å². The molecule has 1 aromatic rings. The van der Waals surface area contributed by atoms with Crippen molar-refractivity contribution < 1.29 is 14.7 Å². The SMILES string of the molecule is CC1C(=O)NC(=O)CN1c1ccc([C@@H](C)O)cc1Br. The standard InChI is InChI=1S/C13H15BrN2O3/c1-7-13(19)15-12(18)6-16(7)11-4-3-9(8(2)17)5-10(11)14/h3-5,7-8,17H,6H2,1-2H3,(H,15,18,19)/t7?,8-/m1/s1. The molecule has 1 aromatic carbocycles. The number of piperazine rings is 1. The third-order valence-corrected chi connectivity index (χ3v) is 3.82. The molecule has 5 nitrogen and oxygen atoms in total. The maximum Gasteiger partial charge on any atom is 0.249 e. The van der Waals surface area contributed by atoms with Crippen molar-refractivity contribution in [1.82, 2.24) is 5.32 Å². The quantitative estimate of drug-likeness (QED) is 0.805. The number of carbonyl (C=O) groups excluding carboxylic acids is 2. The monoisotopic (exact) mass is 326 g/mol. The highest BCUT2D eigenvalue weighted by Crippen LogP contribution is 2.31. The average Bonchev–Trinajstić information content (AvgIpc) is 2.33. The van der Waals surface area contributed by atoms with Crippen molar-refractivity contribution in [2.45, 2.75) is 26.0 Å². The summed E-state index contributed by atoms with van der Waals surface area (Å²) in [7, 11) is 0. The fourth-order valence-corrected chi connectivity index (χ4v) is 2.65. The van der Waals surface area contributed by atoms with Crippen molar-refractivity contribution in [2.75, 3.05) is 11.4 Å². The number of amides is 2. The van der Waals surface area contributed by atoms with Crippen LogP contribution in [0.3, 0.4) is 0 Å². The molecule has 0 aliphatic carbocycles. The van der Waals surface area contributed by atoms with Crippen LogP contribution in [0.5, 0.6) is 0 Å². The number of hydrogen-bond acceptors (Lipinski definition) is 4. The van der Waals surface area contributed by atoms with Gasteiger partial charge in [-0.25, -0.2) is 0 Å². The fourth-order valence-electron chi connectivity index (χ4n) is 2.02. The molecule has 0 radical (unpaired) electrons. The molecule has 6 heteroatoms. The molecule has 1 aliphatic rings. The number of benzene rings is 1. The molecule has 1 fully saturated rings. The first-order valence-corrected chi connectivity index (χ1v) is 6.77. The summed E-state index contributed by atoms with van der Waals surface area (Å²) in [5.41, 5.74) is 1.54. The van der Waals surface area contributed by atoms with Gasteiger partial charge in [0.05, 0.1) is 18.3 Å². The third kappa shape index (κ3) is 2.79. The molecule has 2 amide bonds. The summed E-state index contributed by atoms with van der Waals surface area (Å²) >= 11 is 3.42. The smallest absolute Gasteiger partial charge is 0.249 e. The van der Waals surface area contributed by atoms with Gasteiger partial charge in [-0.1, -0.05) is 6.07 Å². The second kappa shape index (κ2) is 5.30. The molecule has 2 N–H and O–H groups in total. The van der Waals surface area contributed by atoms with Gasteiger partial charge < -0.3 is 10.0 Å². The lowest BCUT2D eigenvalue weighted by molar-refractivity contribution is -0.132. The summed E-state index contributed by atoms with van der Waals surface area (Å²) < 4.78 is 0.750. The van der Waals surface area contributed by atoms with Crippen LogP contribution in [0.25, 0.3) is 0 Å². The van der Waals surface area contributed by atoms with Crippen molar-refractivity contribution >= 4 is 33.4 Å². The summed E-state index contributed by atoms with van der Waals surface area (Å²) in [5, 5.41) is 11.8. The van der Waals surface area contributed by atoms with Crippen LogP contribution in [0, 0.1) is 0 Å². The Balaban J connectivity index is 2.35. The molecule has 1 heterocycles. The van der Waals surface area contributed by atoms with Crippen LogP contribution >= 0.6 is 15.9 Å². The van der Waals surface area contributed by atoms with Gasteiger partial charge in [-0.2, -0.15) is 0 Å². The van der Waals surface area contributed by atoms with Crippen molar-refractivity contribution in [1.29, 1.82) is 0 Å². The maximum absolute atomic E-state index is 11.6. The molecular formula is C13H15BrN2O3. The summed E-state index contributed by atoms with van der Waals surface area (Å²) in [4.78, 5) is 24.8. The number of halogens is 1. The van der Waals surface area contributed by atoms with Gasteiger partial charge >= 0.3 is 0 Å². The maximum atomic E-state index is 11.6. The number of rotatable bonds is 2. The van der Waals surface area contributed by atoms with Crippen LogP contribution in [0.4, 0.5) is 5.69 Å². The van der Waals surface area contributed by atoms with Crippen molar-refractivity contribution in [3.8, 4) is 0 Å². The minimum Gasteiger partial charge on any atom is -0.389 e. The van der Waals surface area contributed by atoms with Gasteiger partial charge in [0.25, 0.3) is 0 Å². The Morgan fingerprint density at radius 1 is 1.47 bits per heavy atom. The molecule has 1 unspecified atom stereocenters. The van der Waals surface area contributed by atoms with Crippen LogP contribution in [-0.4, -0.2) is 29.5 Å². The van der Waals surface area contributed by atoms with Gasteiger partial charge in [-0.3, -0.25) is 14.9 Å². The number of aliphatic hydroxyl groups excluding tert-OH is 1. The Labute approximate surface area is 119 Å². The number of imide groups is 1. The van der Waals surface area contributed by atoms with E-state index in [4.69, 9.17) is 0 Å². The Kier molecular flexibility index (Phi) is 3.91. The molecule has 0 saturated carbocycles. The minimum atomic E-state index is -0.561. The zero-order valence-electron chi connectivity index (χ0n) is 10.7. The van der Waals surface area contributed by atoms with Crippen LogP contribution in [-0.2, 0) is 9.59 Å². The van der Waals surface area contributed by atoms with Crippen molar-refractivity contribution in [3.05, 3.63) is 28.2 Å². The van der Waals surface area contributed by atoms with E-state index in [-0.39, 0.29) is 18.4 Å². The van der Waals surface area contributed by atoms with Crippen LogP contribution < -0.4 is 10.2 Å². The van der Waals surface area contributed by atoms with Gasteiger partial charge in [0.1, 0.15) is 6.04 Å². The minimum absolute atomic E-state index is 0.138. The Morgan fingerprint density at radius 2 is 2.16 bits per heavy atom. The second-order valence-electron chi connectivity index (χ2n) is 4.60. The van der Waals surface area contributed by atoms with E-state index in [9.17, 15) is 14.7 Å². The summed E-state index contributed by atoms with van der Waals surface area (Å²) in [5.74, 6) is -0.614. The van der Waals surface area contributed by atoms with E-state index in [2.05, 4.69) is 21.2 Å². The molecule has 2 atom stereocenters. The number of hydrogen-bond donors (Lipinski definition) is 2. The normalized spacial score (nSPS) is 21.3. The second-order valence-corrected chi connectivity index (χ2v) is 5.46. The number of nitrogens with one attached hydrogen (secondary N) is 1. The Hall–Kier alpha value is -1.40. The molecule has 1 aliphatic heterocycles. The lowest BCUT2D eigenvalue weighted by Gasteiger charge is -2.34. The van der Waals surface area contributed by atoms with Gasteiger partial charge in [0.2, 0.25) is 11.8 Å². The first-order valence-electron chi connectivity index (χ1n) is 5.98. The highest BCUT2D eigenvalue weighted by molar-refractivity contribution is 9.10. The molecule has 2 rings (SSSR count). The topological polar surface area (TPSA) is 69.6 Å². The van der Waals surface area contributed by atoms with Gasteiger partial charge in [0, 0.05) is 4.47 Å². The predicted molar refractivity (Wildman–Crippen MR) is 74.7 cm³/mol. The van der Waals surface area contributed by atoms with E-state index in [1.54, 1.807) is 36.9 Å². The van der Waals surface area contributed by atoms with E-state index in [1.807, 2.05) is 0 Å². The summed E-state index contributed by atoms with van der Waals surface area (Å²) in [6.45, 7) is 3.57. The highest BCUT2D eigenvalue weighted by Gasteiger charge is 2.31. The number of anilines is 1. The Bertz CT molecular complexity index is 531. The van der Waals surface area contributed by atoms with Gasteiger partial charge in [-0.05, 0) is 47.5 Å². The zero-order valence-corrected chi connectivity index (χ0v) is 12.3. The van der Waals surface area contributed by atoms with E-state index < -0.39 is 12.1 Å². The Morgan fingerprint density at radius 3 is 2.74 bits per heavy atom. The lowest BCUT2D eigenvalue weighted by Crippen LogP contribution is -2.57. The van der Waals surface area contributed by atoms with E-state index in [0.29, 0.717) is 0 Å². The fraction of sp³-hybridized carbons (Fsp3) is 0.385. The molecule has 0 spiro atoms. The van der Waals surface area contributed by atoms with E-state index >= 15 is 0 Å². The van der Waals surface area contributed by atoms with E-state index in [1.165, 1.54) is 0 Å². The lowest BCUT2D eigenvalue weighted by atomic mass is 10.1. The molecule has 0 bridgehead atoms. The molecular weight excluding hydrogens is 312 g/mol. The van der Waals surface area contributed by atoms with Crippen molar-refractivity contribution in [3.63, 3.8) is 0 Å². The molecule has 1 saturated heterocycles. The number of nitrogens with zero attached hydrogens (tertiary/aromatic N) is 1. The molecule has 102 valence electrons. The molecule has 19 heavy (non-hydrogen) atoms. The molecule has 0 aromatic heterocycles. The van der Waals surface area contributed by atoms with Gasteiger partial charge in [0.15, 0.2) is 0 Å².